The molecular formula is C14H15BrClNO. The minimum Gasteiger partial charge on any atom is -0.472 e. The summed E-state index contributed by atoms with van der Waals surface area (Å²) in [6.45, 7) is 3.02. The van der Waals surface area contributed by atoms with E-state index >= 15 is 0 Å². The molecule has 1 heterocycles. The SMILES string of the molecule is CCNC(Cc1ccoc1)c1ccc(Cl)c(Br)c1. The maximum Gasteiger partial charge on any atom is 0.0935 e. The molecule has 96 valence electrons. The molecule has 0 saturated carbocycles. The standard InChI is InChI=1S/C14H15BrClNO/c1-2-17-14(7-10-5-6-18-9-10)11-3-4-13(16)12(15)8-11/h3-6,8-9,14,17H,2,7H2,1H3. The summed E-state index contributed by atoms with van der Waals surface area (Å²) in [6.07, 6.45) is 4.39. The topological polar surface area (TPSA) is 25.2 Å². The molecule has 4 heteroatoms. The van der Waals surface area contributed by atoms with Gasteiger partial charge in [-0.2, -0.15) is 0 Å². The average Bonchev–Trinajstić information content (AvgIpc) is 2.85. The van der Waals surface area contributed by atoms with E-state index in [9.17, 15) is 0 Å². The lowest BCUT2D eigenvalue weighted by Gasteiger charge is -2.18. The molecule has 1 aromatic heterocycles. The van der Waals surface area contributed by atoms with Crippen molar-refractivity contribution >= 4 is 27.5 Å². The van der Waals surface area contributed by atoms with Gasteiger partial charge in [0.2, 0.25) is 0 Å². The third kappa shape index (κ3) is 3.37. The predicted molar refractivity (Wildman–Crippen MR) is 78.0 cm³/mol. The van der Waals surface area contributed by atoms with E-state index in [-0.39, 0.29) is 6.04 Å². The molecule has 0 aliphatic heterocycles. The molecule has 0 amide bonds. The molecule has 18 heavy (non-hydrogen) atoms. The fourth-order valence-corrected chi connectivity index (χ4v) is 2.44. The Morgan fingerprint density at radius 1 is 1.39 bits per heavy atom. The zero-order valence-electron chi connectivity index (χ0n) is 10.1. The van der Waals surface area contributed by atoms with Crippen LogP contribution >= 0.6 is 27.5 Å². The zero-order chi connectivity index (χ0) is 13.0. The highest BCUT2D eigenvalue weighted by Gasteiger charge is 2.13. The molecule has 0 aliphatic carbocycles. The van der Waals surface area contributed by atoms with E-state index in [1.54, 1.807) is 12.5 Å². The summed E-state index contributed by atoms with van der Waals surface area (Å²) in [4.78, 5) is 0. The molecule has 0 fully saturated rings. The third-order valence-corrected chi connectivity index (χ3v) is 4.03. The van der Waals surface area contributed by atoms with Crippen molar-refractivity contribution in [2.45, 2.75) is 19.4 Å². The molecule has 0 saturated heterocycles. The summed E-state index contributed by atoms with van der Waals surface area (Å²) in [5, 5.41) is 4.21. The van der Waals surface area contributed by atoms with E-state index < -0.39 is 0 Å². The summed E-state index contributed by atoms with van der Waals surface area (Å²) >= 11 is 9.49. The van der Waals surface area contributed by atoms with Crippen molar-refractivity contribution < 1.29 is 4.42 Å². The molecule has 0 radical (unpaired) electrons. The quantitative estimate of drug-likeness (QED) is 0.868. The van der Waals surface area contributed by atoms with Crippen LogP contribution in [0.1, 0.15) is 24.1 Å². The number of benzene rings is 1. The second-order valence-corrected chi connectivity index (χ2v) is 5.38. The van der Waals surface area contributed by atoms with E-state index in [4.69, 9.17) is 16.0 Å². The van der Waals surface area contributed by atoms with Gasteiger partial charge in [-0.05, 0) is 58.2 Å². The van der Waals surface area contributed by atoms with Crippen LogP contribution in [0, 0.1) is 0 Å². The van der Waals surface area contributed by atoms with Crippen molar-refractivity contribution in [3.8, 4) is 0 Å². The van der Waals surface area contributed by atoms with Crippen molar-refractivity contribution in [2.75, 3.05) is 6.54 Å². The first-order chi connectivity index (χ1) is 8.70. The summed E-state index contributed by atoms with van der Waals surface area (Å²) in [6, 6.07) is 8.30. The second-order valence-electron chi connectivity index (χ2n) is 4.12. The summed E-state index contributed by atoms with van der Waals surface area (Å²) < 4.78 is 6.04. The molecule has 1 N–H and O–H groups in total. The van der Waals surface area contributed by atoms with Crippen LogP contribution in [0.2, 0.25) is 5.02 Å². The number of hydrogen-bond donors (Lipinski definition) is 1. The predicted octanol–water partition coefficient (Wildman–Crippen LogP) is 4.59. The first-order valence-electron chi connectivity index (χ1n) is 5.90. The van der Waals surface area contributed by atoms with E-state index in [1.165, 1.54) is 11.1 Å². The zero-order valence-corrected chi connectivity index (χ0v) is 12.5. The maximum atomic E-state index is 6.02. The number of likely N-dealkylation sites (N-methyl/N-ethyl adjacent to an activating group) is 1. The van der Waals surface area contributed by atoms with Crippen molar-refractivity contribution in [1.82, 2.24) is 5.32 Å². The Labute approximate surface area is 120 Å². The summed E-state index contributed by atoms with van der Waals surface area (Å²) in [7, 11) is 0. The number of furan rings is 1. The van der Waals surface area contributed by atoms with E-state index in [1.807, 2.05) is 12.1 Å². The van der Waals surface area contributed by atoms with E-state index in [0.29, 0.717) is 0 Å². The molecule has 0 bridgehead atoms. The third-order valence-electron chi connectivity index (χ3n) is 2.82. The number of hydrogen-bond acceptors (Lipinski definition) is 2. The van der Waals surface area contributed by atoms with Gasteiger partial charge in [-0.25, -0.2) is 0 Å². The summed E-state index contributed by atoms with van der Waals surface area (Å²) in [5.74, 6) is 0. The second kappa shape index (κ2) is 6.41. The highest BCUT2D eigenvalue weighted by atomic mass is 79.9. The van der Waals surface area contributed by atoms with Gasteiger partial charge in [0.15, 0.2) is 0 Å². The maximum absolute atomic E-state index is 6.02. The van der Waals surface area contributed by atoms with Gasteiger partial charge in [-0.3, -0.25) is 0 Å². The Kier molecular flexibility index (Phi) is 4.87. The van der Waals surface area contributed by atoms with E-state index in [2.05, 4.69) is 40.3 Å². The van der Waals surface area contributed by atoms with Crippen LogP contribution in [0.4, 0.5) is 0 Å². The smallest absolute Gasteiger partial charge is 0.0935 e. The number of nitrogens with one attached hydrogen (secondary N) is 1. The molecule has 1 atom stereocenters. The average molecular weight is 329 g/mol. The van der Waals surface area contributed by atoms with Gasteiger partial charge in [-0.1, -0.05) is 24.6 Å². The van der Waals surface area contributed by atoms with Crippen molar-refractivity contribution in [1.29, 1.82) is 0 Å². The van der Waals surface area contributed by atoms with Gasteiger partial charge in [0.05, 0.1) is 17.5 Å². The highest BCUT2D eigenvalue weighted by Crippen LogP contribution is 2.27. The van der Waals surface area contributed by atoms with Crippen LogP contribution in [0.3, 0.4) is 0 Å². The van der Waals surface area contributed by atoms with Crippen molar-refractivity contribution in [3.63, 3.8) is 0 Å². The number of rotatable bonds is 5. The van der Waals surface area contributed by atoms with Crippen LogP contribution in [-0.4, -0.2) is 6.54 Å². The first kappa shape index (κ1) is 13.7. The Hall–Kier alpha value is -0.770. The molecular weight excluding hydrogens is 314 g/mol. The lowest BCUT2D eigenvalue weighted by atomic mass is 10.0. The van der Waals surface area contributed by atoms with Crippen molar-refractivity contribution in [3.05, 3.63) is 57.4 Å². The summed E-state index contributed by atoms with van der Waals surface area (Å²) in [5.41, 5.74) is 2.40. The largest absolute Gasteiger partial charge is 0.472 e. The van der Waals surface area contributed by atoms with E-state index in [0.717, 1.165) is 22.5 Å². The Morgan fingerprint density at radius 2 is 2.22 bits per heavy atom. The molecule has 0 aliphatic rings. The monoisotopic (exact) mass is 327 g/mol. The minimum absolute atomic E-state index is 0.265. The Bertz CT molecular complexity index is 499. The lowest BCUT2D eigenvalue weighted by molar-refractivity contribution is 0.534. The van der Waals surface area contributed by atoms with Crippen LogP contribution < -0.4 is 5.32 Å². The van der Waals surface area contributed by atoms with Crippen molar-refractivity contribution in [2.24, 2.45) is 0 Å². The van der Waals surface area contributed by atoms with Gasteiger partial charge in [-0.15, -0.1) is 0 Å². The normalized spacial score (nSPS) is 12.6. The Balaban J connectivity index is 2.20. The van der Waals surface area contributed by atoms with Gasteiger partial charge in [0, 0.05) is 10.5 Å². The molecule has 1 aromatic carbocycles. The molecule has 2 aromatic rings. The molecule has 1 unspecified atom stereocenters. The molecule has 2 rings (SSSR count). The van der Waals surface area contributed by atoms with Crippen LogP contribution in [-0.2, 0) is 6.42 Å². The van der Waals surface area contributed by atoms with Crippen LogP contribution in [0.15, 0.2) is 45.7 Å². The Morgan fingerprint density at radius 3 is 2.83 bits per heavy atom. The fourth-order valence-electron chi connectivity index (χ4n) is 1.93. The number of halogens is 2. The van der Waals surface area contributed by atoms with Crippen LogP contribution in [0.5, 0.6) is 0 Å². The van der Waals surface area contributed by atoms with Gasteiger partial charge >= 0.3 is 0 Å². The molecule has 2 nitrogen and oxygen atoms in total. The fraction of sp³-hybridized carbons (Fsp3) is 0.286. The van der Waals surface area contributed by atoms with Gasteiger partial charge in [0.1, 0.15) is 0 Å². The highest BCUT2D eigenvalue weighted by molar-refractivity contribution is 9.10. The van der Waals surface area contributed by atoms with Gasteiger partial charge in [0.25, 0.3) is 0 Å². The first-order valence-corrected chi connectivity index (χ1v) is 7.07. The van der Waals surface area contributed by atoms with Gasteiger partial charge < -0.3 is 9.73 Å². The lowest BCUT2D eigenvalue weighted by Crippen LogP contribution is -2.22. The molecule has 0 spiro atoms. The van der Waals surface area contributed by atoms with Crippen LogP contribution in [0.25, 0.3) is 0 Å². The minimum atomic E-state index is 0.265.